The number of nitrogens with one attached hydrogen (secondary N) is 1. The standard InChI is InChI=1S/C27H25BrN2O2/c1-15-12-17(3)25-22(13-15)24(27(31)29-23-11-8-20(28)14-16(23)2)18(4)26(30-25)19-6-9-21(32-5)10-7-19/h6-14H,1-5H3,(H,29,31). The van der Waals surface area contributed by atoms with Gasteiger partial charge in [0.1, 0.15) is 5.75 Å². The molecule has 0 saturated carbocycles. The quantitative estimate of drug-likeness (QED) is 0.331. The van der Waals surface area contributed by atoms with Gasteiger partial charge in [0.15, 0.2) is 0 Å². The van der Waals surface area contributed by atoms with Crippen molar-refractivity contribution >= 4 is 38.4 Å². The van der Waals surface area contributed by atoms with Crippen molar-refractivity contribution in [1.29, 1.82) is 0 Å². The van der Waals surface area contributed by atoms with Gasteiger partial charge in [-0.2, -0.15) is 0 Å². The van der Waals surface area contributed by atoms with Gasteiger partial charge in [-0.05, 0) is 92.9 Å². The third kappa shape index (κ3) is 4.13. The molecule has 1 heterocycles. The van der Waals surface area contributed by atoms with E-state index in [0.717, 1.165) is 60.3 Å². The van der Waals surface area contributed by atoms with Crippen molar-refractivity contribution in [2.75, 3.05) is 12.4 Å². The third-order valence-corrected chi connectivity index (χ3v) is 6.19. The zero-order chi connectivity index (χ0) is 23.0. The summed E-state index contributed by atoms with van der Waals surface area (Å²) < 4.78 is 6.28. The van der Waals surface area contributed by atoms with Gasteiger partial charge in [0.05, 0.1) is 23.9 Å². The van der Waals surface area contributed by atoms with E-state index < -0.39 is 0 Å². The number of benzene rings is 3. The Balaban J connectivity index is 1.92. The van der Waals surface area contributed by atoms with E-state index in [2.05, 4.69) is 27.3 Å². The lowest BCUT2D eigenvalue weighted by Crippen LogP contribution is -2.16. The number of aryl methyl sites for hydroxylation is 3. The van der Waals surface area contributed by atoms with Crippen LogP contribution in [0.1, 0.15) is 32.6 Å². The van der Waals surface area contributed by atoms with Gasteiger partial charge in [0.25, 0.3) is 5.91 Å². The van der Waals surface area contributed by atoms with Crippen molar-refractivity contribution in [2.45, 2.75) is 27.7 Å². The Kier molecular flexibility index (Phi) is 6.02. The zero-order valence-corrected chi connectivity index (χ0v) is 20.4. The summed E-state index contributed by atoms with van der Waals surface area (Å²) >= 11 is 3.48. The maximum Gasteiger partial charge on any atom is 0.256 e. The number of rotatable bonds is 4. The number of methoxy groups -OCH3 is 1. The first-order valence-corrected chi connectivity index (χ1v) is 11.2. The van der Waals surface area contributed by atoms with E-state index in [4.69, 9.17) is 9.72 Å². The van der Waals surface area contributed by atoms with Gasteiger partial charge in [0.2, 0.25) is 0 Å². The molecule has 0 aliphatic heterocycles. The molecule has 162 valence electrons. The molecule has 0 aliphatic rings. The minimum absolute atomic E-state index is 0.139. The van der Waals surface area contributed by atoms with E-state index in [1.165, 1.54) is 0 Å². The fourth-order valence-corrected chi connectivity index (χ4v) is 4.57. The van der Waals surface area contributed by atoms with Gasteiger partial charge in [0, 0.05) is 21.1 Å². The van der Waals surface area contributed by atoms with Crippen molar-refractivity contribution < 1.29 is 9.53 Å². The van der Waals surface area contributed by atoms with Crippen molar-refractivity contribution in [1.82, 2.24) is 4.98 Å². The number of carbonyl (C=O) groups is 1. The maximum absolute atomic E-state index is 13.6. The Morgan fingerprint density at radius 2 is 1.66 bits per heavy atom. The molecular weight excluding hydrogens is 464 g/mol. The second-order valence-corrected chi connectivity index (χ2v) is 9.00. The molecule has 1 N–H and O–H groups in total. The van der Waals surface area contributed by atoms with E-state index >= 15 is 0 Å². The second-order valence-electron chi connectivity index (χ2n) is 8.08. The largest absolute Gasteiger partial charge is 0.497 e. The van der Waals surface area contributed by atoms with E-state index in [0.29, 0.717) is 5.56 Å². The third-order valence-electron chi connectivity index (χ3n) is 5.70. The van der Waals surface area contributed by atoms with Crippen LogP contribution < -0.4 is 10.1 Å². The fourth-order valence-electron chi connectivity index (χ4n) is 4.09. The summed E-state index contributed by atoms with van der Waals surface area (Å²) in [6.07, 6.45) is 0. The molecule has 3 aromatic carbocycles. The Morgan fingerprint density at radius 3 is 2.31 bits per heavy atom. The zero-order valence-electron chi connectivity index (χ0n) is 18.8. The van der Waals surface area contributed by atoms with Crippen LogP contribution in [0.3, 0.4) is 0 Å². The normalized spacial score (nSPS) is 10.9. The van der Waals surface area contributed by atoms with E-state index in [1.807, 2.05) is 76.2 Å². The first-order chi connectivity index (χ1) is 15.3. The Morgan fingerprint density at radius 1 is 0.938 bits per heavy atom. The summed E-state index contributed by atoms with van der Waals surface area (Å²) in [5.41, 5.74) is 8.00. The van der Waals surface area contributed by atoms with Crippen molar-refractivity contribution in [3.05, 3.63) is 86.9 Å². The highest BCUT2D eigenvalue weighted by Gasteiger charge is 2.21. The number of hydrogen-bond acceptors (Lipinski definition) is 3. The van der Waals surface area contributed by atoms with Crippen LogP contribution in [0.5, 0.6) is 5.75 Å². The van der Waals surface area contributed by atoms with Crippen molar-refractivity contribution in [2.24, 2.45) is 0 Å². The van der Waals surface area contributed by atoms with Crippen LogP contribution in [-0.4, -0.2) is 18.0 Å². The minimum Gasteiger partial charge on any atom is -0.497 e. The molecule has 0 spiro atoms. The molecule has 0 radical (unpaired) electrons. The SMILES string of the molecule is COc1ccc(-c2nc3c(C)cc(C)cc3c(C(=O)Nc3ccc(Br)cc3C)c2C)cc1. The maximum atomic E-state index is 13.6. The smallest absolute Gasteiger partial charge is 0.256 e. The summed E-state index contributed by atoms with van der Waals surface area (Å²) in [7, 11) is 1.65. The minimum atomic E-state index is -0.139. The summed E-state index contributed by atoms with van der Waals surface area (Å²) in [4.78, 5) is 18.6. The van der Waals surface area contributed by atoms with Crippen LogP contribution >= 0.6 is 15.9 Å². The number of pyridine rings is 1. The highest BCUT2D eigenvalue weighted by atomic mass is 79.9. The number of hydrogen-bond donors (Lipinski definition) is 1. The van der Waals surface area contributed by atoms with Gasteiger partial charge in [-0.1, -0.05) is 27.6 Å². The molecule has 4 nitrogen and oxygen atoms in total. The Labute approximate surface area is 196 Å². The average molecular weight is 489 g/mol. The molecule has 5 heteroatoms. The number of anilines is 1. The Bertz CT molecular complexity index is 1340. The number of nitrogens with zero attached hydrogens (tertiary/aromatic N) is 1. The number of ether oxygens (including phenoxy) is 1. The van der Waals surface area contributed by atoms with Crippen LogP contribution in [0.15, 0.2) is 59.1 Å². The van der Waals surface area contributed by atoms with Crippen LogP contribution in [0.25, 0.3) is 22.2 Å². The average Bonchev–Trinajstić information content (AvgIpc) is 2.75. The van der Waals surface area contributed by atoms with Gasteiger partial charge >= 0.3 is 0 Å². The molecule has 0 aliphatic carbocycles. The molecule has 0 bridgehead atoms. The highest BCUT2D eigenvalue weighted by Crippen LogP contribution is 2.33. The number of amides is 1. The summed E-state index contributed by atoms with van der Waals surface area (Å²) in [6, 6.07) is 17.8. The molecule has 1 amide bonds. The van der Waals surface area contributed by atoms with E-state index in [-0.39, 0.29) is 5.91 Å². The van der Waals surface area contributed by atoms with Gasteiger partial charge < -0.3 is 10.1 Å². The van der Waals surface area contributed by atoms with E-state index in [1.54, 1.807) is 7.11 Å². The van der Waals surface area contributed by atoms with Crippen LogP contribution in [0.4, 0.5) is 5.69 Å². The lowest BCUT2D eigenvalue weighted by atomic mass is 9.94. The monoisotopic (exact) mass is 488 g/mol. The van der Waals surface area contributed by atoms with Crippen LogP contribution in [0.2, 0.25) is 0 Å². The van der Waals surface area contributed by atoms with Gasteiger partial charge in [-0.15, -0.1) is 0 Å². The lowest BCUT2D eigenvalue weighted by Gasteiger charge is -2.17. The molecule has 0 saturated heterocycles. The van der Waals surface area contributed by atoms with Crippen LogP contribution in [0, 0.1) is 27.7 Å². The first-order valence-electron chi connectivity index (χ1n) is 10.4. The number of halogens is 1. The summed E-state index contributed by atoms with van der Waals surface area (Å²) in [5, 5.41) is 3.98. The lowest BCUT2D eigenvalue weighted by molar-refractivity contribution is 0.102. The van der Waals surface area contributed by atoms with Crippen molar-refractivity contribution in [3.8, 4) is 17.0 Å². The highest BCUT2D eigenvalue weighted by molar-refractivity contribution is 9.10. The Hall–Kier alpha value is -3.18. The summed E-state index contributed by atoms with van der Waals surface area (Å²) in [5.74, 6) is 0.641. The summed E-state index contributed by atoms with van der Waals surface area (Å²) in [6.45, 7) is 8.03. The molecule has 0 atom stereocenters. The molecule has 1 aromatic heterocycles. The van der Waals surface area contributed by atoms with Gasteiger partial charge in [-0.3, -0.25) is 4.79 Å². The molecule has 0 unspecified atom stereocenters. The topological polar surface area (TPSA) is 51.2 Å². The molecule has 4 aromatic rings. The first kappa shape index (κ1) is 22.0. The van der Waals surface area contributed by atoms with Gasteiger partial charge in [-0.25, -0.2) is 4.98 Å². The number of aromatic nitrogens is 1. The molecule has 4 rings (SSSR count). The molecular formula is C27H25BrN2O2. The predicted octanol–water partition coefficient (Wildman–Crippen LogP) is 7.16. The molecule has 0 fully saturated rings. The fraction of sp³-hybridized carbons (Fsp3) is 0.185. The molecule has 32 heavy (non-hydrogen) atoms. The predicted molar refractivity (Wildman–Crippen MR) is 135 cm³/mol. The van der Waals surface area contributed by atoms with Crippen LogP contribution in [-0.2, 0) is 0 Å². The second kappa shape index (κ2) is 8.75. The number of carbonyl (C=O) groups excluding carboxylic acids is 1. The van der Waals surface area contributed by atoms with E-state index in [9.17, 15) is 4.79 Å². The van der Waals surface area contributed by atoms with Crippen molar-refractivity contribution in [3.63, 3.8) is 0 Å². The number of fused-ring (bicyclic) bond motifs is 1.